The number of ether oxygens (including phenoxy) is 6. The van der Waals surface area contributed by atoms with Crippen molar-refractivity contribution in [3.8, 4) is 11.5 Å². The third kappa shape index (κ3) is 7.37. The summed E-state index contributed by atoms with van der Waals surface area (Å²) in [5.74, 6) is 1.41. The summed E-state index contributed by atoms with van der Waals surface area (Å²) in [5, 5.41) is 10.9. The first kappa shape index (κ1) is 27.3. The molecule has 0 unspecified atom stereocenters. The lowest BCUT2D eigenvalue weighted by molar-refractivity contribution is -0.206. The van der Waals surface area contributed by atoms with Crippen LogP contribution in [0.1, 0.15) is 11.1 Å². The maximum Gasteiger partial charge on any atom is 0.264 e. The lowest BCUT2D eigenvalue weighted by Gasteiger charge is -2.33. The third-order valence-electron chi connectivity index (χ3n) is 5.57. The standard InChI is InChI=1S/C24H32O10S/c1-28-19-9-5-17(6-10-19)13-31-15-24(16-33-35(4,26)27)22(21(25)23(30-3)34-24)32-14-18-7-11-20(29-2)12-8-18/h5-12,21-23,25H,13-16H2,1-4H3/t21-,22+,23+,24+/m1/s1. The van der Waals surface area contributed by atoms with Crippen LogP contribution in [0.2, 0.25) is 0 Å². The third-order valence-corrected chi connectivity index (χ3v) is 6.12. The van der Waals surface area contributed by atoms with E-state index < -0.39 is 40.8 Å². The molecule has 11 heteroatoms. The average Bonchev–Trinajstić information content (AvgIpc) is 3.12. The Kier molecular flexibility index (Phi) is 9.47. The Labute approximate surface area is 205 Å². The zero-order valence-corrected chi connectivity index (χ0v) is 21.0. The van der Waals surface area contributed by atoms with Crippen molar-refractivity contribution in [2.75, 3.05) is 40.8 Å². The molecule has 1 aliphatic rings. The van der Waals surface area contributed by atoms with Gasteiger partial charge in [0.1, 0.15) is 35.9 Å². The highest BCUT2D eigenvalue weighted by molar-refractivity contribution is 7.85. The minimum atomic E-state index is -3.82. The van der Waals surface area contributed by atoms with Crippen LogP contribution in [-0.2, 0) is 46.5 Å². The molecular formula is C24H32O10S. The largest absolute Gasteiger partial charge is 0.497 e. The maximum absolute atomic E-state index is 11.8. The van der Waals surface area contributed by atoms with E-state index in [2.05, 4.69) is 0 Å². The van der Waals surface area contributed by atoms with E-state index in [-0.39, 0.29) is 19.8 Å². The molecule has 0 saturated carbocycles. The SMILES string of the molecule is COc1ccc(COC[C@@]2(COS(C)(=O)=O)O[C@H](OC)[C@H](O)[C@@H]2OCc2ccc(OC)cc2)cc1. The van der Waals surface area contributed by atoms with E-state index in [0.717, 1.165) is 17.4 Å². The Hall–Kier alpha value is -2.25. The van der Waals surface area contributed by atoms with Gasteiger partial charge in [0.25, 0.3) is 10.1 Å². The van der Waals surface area contributed by atoms with Gasteiger partial charge in [-0.05, 0) is 35.4 Å². The Morgan fingerprint density at radius 3 is 1.91 bits per heavy atom. The monoisotopic (exact) mass is 512 g/mol. The van der Waals surface area contributed by atoms with Gasteiger partial charge in [0, 0.05) is 7.11 Å². The minimum Gasteiger partial charge on any atom is -0.497 e. The number of hydrogen-bond acceptors (Lipinski definition) is 10. The fourth-order valence-corrected chi connectivity index (χ4v) is 4.13. The Bertz CT molecular complexity index is 1030. The number of benzene rings is 2. The summed E-state index contributed by atoms with van der Waals surface area (Å²) in [7, 11) is 0.715. The van der Waals surface area contributed by atoms with E-state index in [1.165, 1.54) is 7.11 Å². The molecule has 194 valence electrons. The predicted molar refractivity (Wildman–Crippen MR) is 126 cm³/mol. The van der Waals surface area contributed by atoms with Crippen LogP contribution < -0.4 is 9.47 Å². The van der Waals surface area contributed by atoms with Crippen molar-refractivity contribution >= 4 is 10.1 Å². The van der Waals surface area contributed by atoms with Crippen molar-refractivity contribution < 1.29 is 46.1 Å². The summed E-state index contributed by atoms with van der Waals surface area (Å²) in [5.41, 5.74) is 0.223. The Morgan fingerprint density at radius 2 is 1.43 bits per heavy atom. The topological polar surface area (TPSA) is 119 Å². The van der Waals surface area contributed by atoms with Gasteiger partial charge in [-0.15, -0.1) is 0 Å². The van der Waals surface area contributed by atoms with Gasteiger partial charge < -0.3 is 33.5 Å². The minimum absolute atomic E-state index is 0.116. The van der Waals surface area contributed by atoms with E-state index in [1.54, 1.807) is 38.5 Å². The highest BCUT2D eigenvalue weighted by Gasteiger charge is 2.57. The molecule has 0 spiro atoms. The second-order valence-electron chi connectivity index (χ2n) is 8.16. The molecule has 1 fully saturated rings. The van der Waals surface area contributed by atoms with Gasteiger partial charge in [0.2, 0.25) is 0 Å². The average molecular weight is 513 g/mol. The first-order chi connectivity index (χ1) is 16.7. The predicted octanol–water partition coefficient (Wildman–Crippen LogP) is 1.88. The lowest BCUT2D eigenvalue weighted by Crippen LogP contribution is -2.52. The molecule has 4 atom stereocenters. The van der Waals surface area contributed by atoms with E-state index in [9.17, 15) is 13.5 Å². The maximum atomic E-state index is 11.8. The summed E-state index contributed by atoms with van der Waals surface area (Å²) in [6.45, 7) is -0.241. The fraction of sp³-hybridized carbons (Fsp3) is 0.500. The van der Waals surface area contributed by atoms with E-state index >= 15 is 0 Å². The van der Waals surface area contributed by atoms with Crippen molar-refractivity contribution in [1.82, 2.24) is 0 Å². The van der Waals surface area contributed by atoms with Crippen LogP contribution >= 0.6 is 0 Å². The molecule has 0 aromatic heterocycles. The molecule has 1 heterocycles. The highest BCUT2D eigenvalue weighted by Crippen LogP contribution is 2.36. The normalized spacial score (nSPS) is 24.4. The van der Waals surface area contributed by atoms with Crippen molar-refractivity contribution in [3.63, 3.8) is 0 Å². The quantitative estimate of drug-likeness (QED) is 0.399. The molecule has 2 aromatic carbocycles. The van der Waals surface area contributed by atoms with E-state index in [1.807, 2.05) is 24.3 Å². The van der Waals surface area contributed by atoms with Crippen LogP contribution in [0, 0.1) is 0 Å². The molecule has 1 aliphatic heterocycles. The molecule has 0 aliphatic carbocycles. The van der Waals surface area contributed by atoms with Crippen molar-refractivity contribution in [1.29, 1.82) is 0 Å². The molecule has 2 aromatic rings. The zero-order chi connectivity index (χ0) is 25.5. The molecule has 0 amide bonds. The number of aliphatic hydroxyl groups excluding tert-OH is 1. The van der Waals surface area contributed by atoms with Crippen LogP contribution in [0.5, 0.6) is 11.5 Å². The molecule has 0 radical (unpaired) electrons. The molecule has 1 saturated heterocycles. The van der Waals surface area contributed by atoms with Crippen LogP contribution in [0.3, 0.4) is 0 Å². The summed E-state index contributed by atoms with van der Waals surface area (Å²) < 4.78 is 62.2. The van der Waals surface area contributed by atoms with E-state index in [4.69, 9.17) is 32.6 Å². The Balaban J connectivity index is 1.78. The highest BCUT2D eigenvalue weighted by atomic mass is 32.2. The van der Waals surface area contributed by atoms with Gasteiger partial charge >= 0.3 is 0 Å². The van der Waals surface area contributed by atoms with Crippen molar-refractivity contribution in [2.24, 2.45) is 0 Å². The number of hydrogen-bond donors (Lipinski definition) is 1. The molecule has 10 nitrogen and oxygen atoms in total. The number of aliphatic hydroxyl groups is 1. The van der Waals surface area contributed by atoms with Gasteiger partial charge in [-0.25, -0.2) is 0 Å². The van der Waals surface area contributed by atoms with Crippen LogP contribution in [0.25, 0.3) is 0 Å². The lowest BCUT2D eigenvalue weighted by atomic mass is 9.96. The number of methoxy groups -OCH3 is 3. The summed E-state index contributed by atoms with van der Waals surface area (Å²) in [6.07, 6.45) is -2.35. The van der Waals surface area contributed by atoms with Gasteiger partial charge in [0.05, 0.1) is 40.3 Å². The second-order valence-corrected chi connectivity index (χ2v) is 9.81. The smallest absolute Gasteiger partial charge is 0.264 e. The van der Waals surface area contributed by atoms with Crippen LogP contribution in [0.15, 0.2) is 48.5 Å². The first-order valence-electron chi connectivity index (χ1n) is 10.9. The second kappa shape index (κ2) is 12.1. The van der Waals surface area contributed by atoms with Crippen LogP contribution in [-0.4, -0.2) is 78.4 Å². The van der Waals surface area contributed by atoms with Gasteiger partial charge in [-0.1, -0.05) is 24.3 Å². The Morgan fingerprint density at radius 1 is 0.886 bits per heavy atom. The zero-order valence-electron chi connectivity index (χ0n) is 20.2. The summed E-state index contributed by atoms with van der Waals surface area (Å²) in [6, 6.07) is 14.5. The number of rotatable bonds is 13. The fourth-order valence-electron chi connectivity index (χ4n) is 3.71. The van der Waals surface area contributed by atoms with Gasteiger partial charge in [-0.2, -0.15) is 8.42 Å². The first-order valence-corrected chi connectivity index (χ1v) is 12.7. The van der Waals surface area contributed by atoms with Crippen molar-refractivity contribution in [3.05, 3.63) is 59.7 Å². The molecular weight excluding hydrogens is 480 g/mol. The molecule has 3 rings (SSSR count). The molecule has 35 heavy (non-hydrogen) atoms. The molecule has 1 N–H and O–H groups in total. The van der Waals surface area contributed by atoms with Crippen molar-refractivity contribution in [2.45, 2.75) is 37.3 Å². The summed E-state index contributed by atoms with van der Waals surface area (Å²) >= 11 is 0. The van der Waals surface area contributed by atoms with Gasteiger partial charge in [-0.3, -0.25) is 4.18 Å². The van der Waals surface area contributed by atoms with Crippen LogP contribution in [0.4, 0.5) is 0 Å². The van der Waals surface area contributed by atoms with Gasteiger partial charge in [0.15, 0.2) is 6.29 Å². The summed E-state index contributed by atoms with van der Waals surface area (Å²) in [4.78, 5) is 0. The van der Waals surface area contributed by atoms with E-state index in [0.29, 0.717) is 11.5 Å². The molecule has 0 bridgehead atoms.